The second-order valence-electron chi connectivity index (χ2n) is 25.1. The first-order chi connectivity index (χ1) is 42.9. The summed E-state index contributed by atoms with van der Waals surface area (Å²) in [5.41, 5.74) is 21.2. The van der Waals surface area contributed by atoms with Crippen LogP contribution in [0.1, 0.15) is 132 Å². The average Bonchev–Trinajstić information content (AvgIpc) is 0.722. The molecular weight excluding hydrogens is 1200 g/mol. The van der Waals surface area contributed by atoms with E-state index in [1.54, 1.807) is 0 Å². The molecule has 92 heavy (non-hydrogen) atoms. The number of ketones is 2. The molecule has 5 nitrogen and oxygen atoms in total. The Morgan fingerprint density at radius 2 is 0.533 bits per heavy atom. The molecule has 0 aliphatic heterocycles. The van der Waals surface area contributed by atoms with Gasteiger partial charge < -0.3 is 14.7 Å². The lowest BCUT2D eigenvalue weighted by molar-refractivity contribution is -0.372. The van der Waals surface area contributed by atoms with Crippen molar-refractivity contribution in [1.29, 1.82) is 0 Å². The second-order valence-corrected chi connectivity index (χ2v) is 31.7. The highest BCUT2D eigenvalue weighted by molar-refractivity contribution is 7.97. The summed E-state index contributed by atoms with van der Waals surface area (Å²) in [6, 6.07) is 47.6. The van der Waals surface area contributed by atoms with E-state index in [-0.39, 0.29) is 29.8 Å². The standard InChI is InChI=1S/2C35H40OP.C8H3BF6O3/c2*1-22-15-25(4)33(26(5)16-22)37(21-32(36)31-13-11-10-12-14-31,34-27(6)17-23(2)18-28(34)7)35-29(8)19-24(3)20-30(35)9;10-7(11,12)4-1-5(8(13,14)15)3-6(2-4)18-9(16)17/h2*10-20H,21H2,1-9H3;1-3H/q2*+1;-2. The van der Waals surface area contributed by atoms with E-state index < -0.39 is 51.1 Å². The smallest absolute Gasteiger partial charge is 0.416 e. The third-order valence-corrected chi connectivity index (χ3v) is 27.2. The Balaban J connectivity index is 0.000000208. The number of alkyl halides is 6. The van der Waals surface area contributed by atoms with E-state index in [0.29, 0.717) is 12.3 Å². The van der Waals surface area contributed by atoms with Gasteiger partial charge in [-0.3, -0.25) is 9.59 Å². The molecule has 0 bridgehead atoms. The first kappa shape index (κ1) is 72.0. The maximum atomic E-state index is 14.3. The zero-order valence-electron chi connectivity index (χ0n) is 56.1. The maximum Gasteiger partial charge on any atom is 0.416 e. The Morgan fingerprint density at radius 3 is 0.707 bits per heavy atom. The number of aryl methyl sites for hydroxylation is 18. The molecule has 9 rings (SSSR count). The molecule has 0 heterocycles. The van der Waals surface area contributed by atoms with Crippen molar-refractivity contribution in [3.8, 4) is 5.75 Å². The molecule has 0 aliphatic carbocycles. The molecule has 9 aromatic carbocycles. The van der Waals surface area contributed by atoms with Crippen molar-refractivity contribution >= 4 is 65.2 Å². The Bertz CT molecular complexity index is 3550. The summed E-state index contributed by atoms with van der Waals surface area (Å²) < 4.78 is 77.5. The van der Waals surface area contributed by atoms with Gasteiger partial charge in [0.2, 0.25) is 11.6 Å². The van der Waals surface area contributed by atoms with Gasteiger partial charge in [-0.1, -0.05) is 167 Å². The molecule has 0 radical (unpaired) electrons. The van der Waals surface area contributed by atoms with Gasteiger partial charge in [0, 0.05) is 11.1 Å². The number of hydrogen-bond donors (Lipinski definition) is 0. The van der Waals surface area contributed by atoms with Crippen molar-refractivity contribution in [2.75, 3.05) is 12.3 Å². The van der Waals surface area contributed by atoms with E-state index >= 15 is 0 Å². The quantitative estimate of drug-likeness (QED) is 0.0468. The summed E-state index contributed by atoms with van der Waals surface area (Å²) in [5, 5.41) is 28.4. The predicted molar refractivity (Wildman–Crippen MR) is 370 cm³/mol. The zero-order chi connectivity index (χ0) is 68.3. The van der Waals surface area contributed by atoms with E-state index in [1.165, 1.54) is 132 Å². The van der Waals surface area contributed by atoms with Crippen molar-refractivity contribution in [3.63, 3.8) is 0 Å². The predicted octanol–water partition coefficient (Wildman–Crippen LogP) is 16.1. The van der Waals surface area contributed by atoms with Crippen molar-refractivity contribution in [2.24, 2.45) is 0 Å². The fraction of sp³-hybridized carbons (Fsp3) is 0.282. The fourth-order valence-electron chi connectivity index (χ4n) is 14.8. The van der Waals surface area contributed by atoms with Crippen LogP contribution in [-0.4, -0.2) is 31.2 Å². The zero-order valence-corrected chi connectivity index (χ0v) is 57.9. The molecule has 9 aromatic rings. The van der Waals surface area contributed by atoms with E-state index in [0.717, 1.165) is 11.1 Å². The summed E-state index contributed by atoms with van der Waals surface area (Å²) in [6.45, 7) is 40.0. The molecular formula is C78H83BF6O5P2. The number of hydrogen-bond acceptors (Lipinski definition) is 5. The van der Waals surface area contributed by atoms with Crippen LogP contribution in [0.5, 0.6) is 5.75 Å². The Kier molecular flexibility index (Phi) is 22.5. The summed E-state index contributed by atoms with van der Waals surface area (Å²) in [6.07, 6.45) is -9.14. The van der Waals surface area contributed by atoms with Crippen molar-refractivity contribution < 1.29 is 50.6 Å². The number of carbonyl (C=O) groups is 2. The molecule has 0 aliphatic rings. The van der Waals surface area contributed by atoms with Gasteiger partial charge in [0.15, 0.2) is 0 Å². The summed E-state index contributed by atoms with van der Waals surface area (Å²) in [7, 11) is -7.84. The molecule has 0 unspecified atom stereocenters. The Morgan fingerprint density at radius 1 is 0.337 bits per heavy atom. The number of carbonyl (C=O) groups excluding carboxylic acids is 2. The van der Waals surface area contributed by atoms with Crippen LogP contribution in [-0.2, 0) is 12.4 Å². The number of rotatable bonds is 14. The lowest BCUT2D eigenvalue weighted by atomic mass is 10.1. The van der Waals surface area contributed by atoms with Gasteiger partial charge in [-0.05, 0) is 210 Å². The molecule has 0 amide bonds. The summed E-state index contributed by atoms with van der Waals surface area (Å²) in [5.74, 6) is -0.647. The maximum absolute atomic E-state index is 14.3. The highest BCUT2D eigenvalue weighted by atomic mass is 31.2. The van der Waals surface area contributed by atoms with E-state index in [4.69, 9.17) is 0 Å². The van der Waals surface area contributed by atoms with E-state index in [9.17, 15) is 46.0 Å². The van der Waals surface area contributed by atoms with Crippen LogP contribution < -0.4 is 46.5 Å². The van der Waals surface area contributed by atoms with Crippen LogP contribution in [0.3, 0.4) is 0 Å². The molecule has 0 saturated carbocycles. The Labute approximate surface area is 542 Å². The third-order valence-electron chi connectivity index (χ3n) is 16.8. The van der Waals surface area contributed by atoms with Gasteiger partial charge in [-0.2, -0.15) is 26.3 Å². The summed E-state index contributed by atoms with van der Waals surface area (Å²) in [4.78, 5) is 28.6. The number of halogens is 6. The van der Waals surface area contributed by atoms with Crippen LogP contribution in [0.4, 0.5) is 26.3 Å². The minimum Gasteiger partial charge on any atom is -0.860 e. The molecule has 480 valence electrons. The van der Waals surface area contributed by atoms with Crippen LogP contribution >= 0.6 is 14.5 Å². The van der Waals surface area contributed by atoms with Crippen LogP contribution in [0.25, 0.3) is 0 Å². The average molecular weight is 1290 g/mol. The fourth-order valence-corrected chi connectivity index (χ4v) is 26.3. The first-order valence-electron chi connectivity index (χ1n) is 30.6. The van der Waals surface area contributed by atoms with Gasteiger partial charge in [0.25, 0.3) is 0 Å². The topological polar surface area (TPSA) is 89.5 Å². The number of Topliss-reactive ketones (excluding diaryl/α,β-unsaturated/α-hetero) is 2. The minimum atomic E-state index is -5.05. The summed E-state index contributed by atoms with van der Waals surface area (Å²) >= 11 is 0. The molecule has 0 aromatic heterocycles. The van der Waals surface area contributed by atoms with E-state index in [1.807, 2.05) is 60.7 Å². The van der Waals surface area contributed by atoms with Gasteiger partial charge in [-0.15, -0.1) is 0 Å². The van der Waals surface area contributed by atoms with Gasteiger partial charge in [0.05, 0.1) is 16.9 Å². The lowest BCUT2D eigenvalue weighted by Crippen LogP contribution is -2.50. The number of benzene rings is 9. The SMILES string of the molecule is Cc1cc(C)c([P+](CC(=O)c2ccccc2)(c2c(C)cc(C)cc2C)c2c(C)cc(C)cc2C)c(C)c1.Cc1cc(C)c([P+](CC(=O)c2ccccc2)(c2c(C)cc(C)cc2C)c2c(C)cc(C)cc2C)c(C)c1.[O-]B([O-])Oc1cc(C(F)(F)F)cc(C(F)(F)F)c1. The molecule has 0 saturated heterocycles. The van der Waals surface area contributed by atoms with Crippen LogP contribution in [0.2, 0.25) is 0 Å². The third kappa shape index (κ3) is 15.8. The van der Waals surface area contributed by atoms with E-state index in [2.05, 4.69) is 202 Å². The normalized spacial score (nSPS) is 11.8. The minimum absolute atomic E-state index is 0.141. The van der Waals surface area contributed by atoms with Crippen molar-refractivity contribution in [1.82, 2.24) is 0 Å². The van der Waals surface area contributed by atoms with Gasteiger partial charge >= 0.3 is 12.4 Å². The van der Waals surface area contributed by atoms with Crippen LogP contribution in [0, 0.1) is 125 Å². The van der Waals surface area contributed by atoms with Gasteiger partial charge in [-0.25, -0.2) is 0 Å². The van der Waals surface area contributed by atoms with Crippen LogP contribution in [0.15, 0.2) is 152 Å². The molecule has 0 fully saturated rings. The largest absolute Gasteiger partial charge is 0.860 e. The molecule has 0 spiro atoms. The Hall–Kier alpha value is -7.46. The molecule has 14 heteroatoms. The molecule has 0 atom stereocenters. The van der Waals surface area contributed by atoms with Crippen molar-refractivity contribution in [2.45, 2.75) is 137 Å². The van der Waals surface area contributed by atoms with Crippen molar-refractivity contribution in [3.05, 3.63) is 274 Å². The monoisotopic (exact) mass is 1290 g/mol. The highest BCUT2D eigenvalue weighted by Crippen LogP contribution is 2.61. The first-order valence-corrected chi connectivity index (χ1v) is 34.6. The lowest BCUT2D eigenvalue weighted by Gasteiger charge is -2.34. The second kappa shape index (κ2) is 28.8. The highest BCUT2D eigenvalue weighted by Gasteiger charge is 2.55. The van der Waals surface area contributed by atoms with Gasteiger partial charge in [0.1, 0.15) is 66.0 Å². The molecule has 0 N–H and O–H groups in total.